The first kappa shape index (κ1) is 16.7. The van der Waals surface area contributed by atoms with E-state index in [0.29, 0.717) is 30.9 Å². The lowest BCUT2D eigenvalue weighted by Gasteiger charge is -1.99. The third kappa shape index (κ3) is 3.11. The second-order valence-electron chi connectivity index (χ2n) is 5.19. The van der Waals surface area contributed by atoms with Crippen molar-refractivity contribution in [1.29, 1.82) is 0 Å². The van der Waals surface area contributed by atoms with Crippen LogP contribution in [0.1, 0.15) is 5.56 Å². The first-order chi connectivity index (χ1) is 12.0. The topological polar surface area (TPSA) is 47.3 Å². The van der Waals surface area contributed by atoms with E-state index in [1.807, 2.05) is 30.3 Å². The van der Waals surface area contributed by atoms with E-state index in [1.165, 1.54) is 15.9 Å². The van der Waals surface area contributed by atoms with Gasteiger partial charge in [-0.2, -0.15) is 9.50 Å². The summed E-state index contributed by atoms with van der Waals surface area (Å²) in [6.07, 6.45) is 1.82. The molecule has 2 heterocycles. The third-order valence-electron chi connectivity index (χ3n) is 3.55. The molecule has 0 unspecified atom stereocenters. The minimum absolute atomic E-state index is 0.209. The minimum Gasteiger partial charge on any atom is -0.266 e. The maximum absolute atomic E-state index is 12.6. The molecule has 0 aliphatic heterocycles. The predicted octanol–water partition coefficient (Wildman–Crippen LogP) is 4.44. The largest absolute Gasteiger partial charge is 0.291 e. The highest BCUT2D eigenvalue weighted by Gasteiger charge is 2.14. The van der Waals surface area contributed by atoms with Gasteiger partial charge in [0.2, 0.25) is 4.96 Å². The van der Waals surface area contributed by atoms with E-state index in [2.05, 4.69) is 26.0 Å². The first-order valence-corrected chi connectivity index (χ1v) is 9.51. The summed E-state index contributed by atoms with van der Waals surface area (Å²) in [5.41, 5.74) is 1.35. The number of rotatable bonds is 2. The molecule has 0 aliphatic carbocycles. The fraction of sp³-hybridized carbons (Fsp3) is 0. The van der Waals surface area contributed by atoms with Gasteiger partial charge in [-0.25, -0.2) is 0 Å². The Hall–Kier alpha value is -1.73. The zero-order valence-corrected chi connectivity index (χ0v) is 16.3. The number of hydrogen-bond donors (Lipinski definition) is 0. The van der Waals surface area contributed by atoms with E-state index in [1.54, 1.807) is 18.2 Å². The molecule has 0 atom stereocenters. The lowest BCUT2D eigenvalue weighted by Crippen LogP contribution is -2.23. The Morgan fingerprint density at radius 2 is 1.96 bits per heavy atom. The summed E-state index contributed by atoms with van der Waals surface area (Å²) in [6, 6.07) is 12.8. The van der Waals surface area contributed by atoms with Crippen molar-refractivity contribution in [3.05, 3.63) is 77.4 Å². The highest BCUT2D eigenvalue weighted by molar-refractivity contribution is 9.10. The lowest BCUT2D eigenvalue weighted by atomic mass is 10.2. The molecule has 8 heteroatoms. The zero-order valence-electron chi connectivity index (χ0n) is 12.4. The normalized spacial score (nSPS) is 12.2. The van der Waals surface area contributed by atoms with Gasteiger partial charge in [0.15, 0.2) is 5.82 Å². The van der Waals surface area contributed by atoms with Crippen LogP contribution in [0.3, 0.4) is 0 Å². The SMILES string of the molecule is O=c1c(=Cc2ccccc2Br)sc2nc(-c3ccc(Cl)cc3Cl)nn12. The van der Waals surface area contributed by atoms with Crippen molar-refractivity contribution in [2.45, 2.75) is 0 Å². The number of thiazole rings is 1. The van der Waals surface area contributed by atoms with Crippen LogP contribution < -0.4 is 10.1 Å². The smallest absolute Gasteiger partial charge is 0.266 e. The van der Waals surface area contributed by atoms with Gasteiger partial charge in [-0.3, -0.25) is 4.79 Å². The van der Waals surface area contributed by atoms with Crippen LogP contribution in [0, 0.1) is 0 Å². The van der Waals surface area contributed by atoms with E-state index in [4.69, 9.17) is 23.2 Å². The summed E-state index contributed by atoms with van der Waals surface area (Å²) >= 11 is 16.9. The average molecular weight is 453 g/mol. The molecule has 0 fully saturated rings. The second-order valence-corrected chi connectivity index (χ2v) is 7.90. The van der Waals surface area contributed by atoms with E-state index >= 15 is 0 Å². The van der Waals surface area contributed by atoms with Gasteiger partial charge in [-0.15, -0.1) is 5.10 Å². The number of nitrogens with zero attached hydrogens (tertiary/aromatic N) is 3. The molecule has 124 valence electrons. The number of benzene rings is 2. The zero-order chi connectivity index (χ0) is 17.6. The van der Waals surface area contributed by atoms with Crippen LogP contribution in [0.2, 0.25) is 10.0 Å². The summed E-state index contributed by atoms with van der Waals surface area (Å²) in [6.45, 7) is 0. The number of halogens is 3. The second kappa shape index (κ2) is 6.53. The Morgan fingerprint density at radius 3 is 2.68 bits per heavy atom. The van der Waals surface area contributed by atoms with Crippen molar-refractivity contribution in [3.8, 4) is 11.4 Å². The van der Waals surface area contributed by atoms with Crippen molar-refractivity contribution in [3.63, 3.8) is 0 Å². The Morgan fingerprint density at radius 1 is 1.16 bits per heavy atom. The van der Waals surface area contributed by atoms with Gasteiger partial charge in [-0.05, 0) is 35.9 Å². The van der Waals surface area contributed by atoms with Crippen molar-refractivity contribution in [1.82, 2.24) is 14.6 Å². The fourth-order valence-corrected chi connectivity index (χ4v) is 4.14. The Balaban J connectivity index is 1.85. The monoisotopic (exact) mass is 451 g/mol. The Labute approximate surface area is 164 Å². The van der Waals surface area contributed by atoms with Crippen molar-refractivity contribution < 1.29 is 0 Å². The van der Waals surface area contributed by atoms with E-state index < -0.39 is 0 Å². The van der Waals surface area contributed by atoms with Crippen LogP contribution in [-0.4, -0.2) is 14.6 Å². The molecule has 2 aromatic heterocycles. The first-order valence-electron chi connectivity index (χ1n) is 7.14. The summed E-state index contributed by atoms with van der Waals surface area (Å²) in [5, 5.41) is 5.28. The van der Waals surface area contributed by atoms with E-state index in [-0.39, 0.29) is 5.56 Å². The molecule has 0 spiro atoms. The van der Waals surface area contributed by atoms with Crippen molar-refractivity contribution in [2.75, 3.05) is 0 Å². The number of hydrogen-bond acceptors (Lipinski definition) is 4. The molecule has 0 bridgehead atoms. The molecule has 0 saturated carbocycles. The van der Waals surface area contributed by atoms with Gasteiger partial charge >= 0.3 is 0 Å². The predicted molar refractivity (Wildman–Crippen MR) is 106 cm³/mol. The molecule has 25 heavy (non-hydrogen) atoms. The van der Waals surface area contributed by atoms with Gasteiger partial charge in [0.1, 0.15) is 0 Å². The molecule has 0 radical (unpaired) electrons. The van der Waals surface area contributed by atoms with Crippen molar-refractivity contribution in [2.24, 2.45) is 0 Å². The van der Waals surface area contributed by atoms with E-state index in [0.717, 1.165) is 10.0 Å². The third-order valence-corrected chi connectivity index (χ3v) is 5.77. The van der Waals surface area contributed by atoms with Gasteiger partial charge in [-0.1, -0.05) is 68.7 Å². The van der Waals surface area contributed by atoms with Crippen LogP contribution in [-0.2, 0) is 0 Å². The van der Waals surface area contributed by atoms with Crippen molar-refractivity contribution >= 4 is 61.5 Å². The maximum atomic E-state index is 12.6. The molecule has 4 nitrogen and oxygen atoms in total. The standard InChI is InChI=1S/C17H8BrCl2N3OS/c18-12-4-2-1-3-9(12)7-14-16(24)23-17(25-14)21-15(22-23)11-6-5-10(19)8-13(11)20/h1-8H. The summed E-state index contributed by atoms with van der Waals surface area (Å²) in [7, 11) is 0. The molecule has 0 saturated heterocycles. The van der Waals surface area contributed by atoms with Crippen LogP contribution >= 0.6 is 50.5 Å². The highest BCUT2D eigenvalue weighted by atomic mass is 79.9. The van der Waals surface area contributed by atoms with Crippen LogP contribution in [0.4, 0.5) is 0 Å². The summed E-state index contributed by atoms with van der Waals surface area (Å²) in [4.78, 5) is 17.5. The minimum atomic E-state index is -0.209. The fourth-order valence-electron chi connectivity index (χ4n) is 2.35. The van der Waals surface area contributed by atoms with Crippen LogP contribution in [0.5, 0.6) is 0 Å². The molecule has 0 amide bonds. The molecular weight excluding hydrogens is 445 g/mol. The van der Waals surface area contributed by atoms with Gasteiger partial charge in [0, 0.05) is 15.1 Å². The molecule has 2 aromatic carbocycles. The molecular formula is C17H8BrCl2N3OS. The quantitative estimate of drug-likeness (QED) is 0.451. The summed E-state index contributed by atoms with van der Waals surface area (Å²) in [5.74, 6) is 0.400. The van der Waals surface area contributed by atoms with Crippen LogP contribution in [0.15, 0.2) is 51.7 Å². The molecule has 4 rings (SSSR count). The number of fused-ring (bicyclic) bond motifs is 1. The Kier molecular flexibility index (Phi) is 4.37. The van der Waals surface area contributed by atoms with Gasteiger partial charge in [0.25, 0.3) is 5.56 Å². The van der Waals surface area contributed by atoms with Gasteiger partial charge < -0.3 is 0 Å². The average Bonchev–Trinajstić information content (AvgIpc) is 3.10. The molecule has 0 aliphatic rings. The van der Waals surface area contributed by atoms with Gasteiger partial charge in [0.05, 0.1) is 9.55 Å². The maximum Gasteiger partial charge on any atom is 0.291 e. The summed E-state index contributed by atoms with van der Waals surface area (Å²) < 4.78 is 2.78. The Bertz CT molecular complexity index is 1220. The highest BCUT2D eigenvalue weighted by Crippen LogP contribution is 2.28. The molecule has 0 N–H and O–H groups in total. The lowest BCUT2D eigenvalue weighted by molar-refractivity contribution is 0.937. The number of aromatic nitrogens is 3. The van der Waals surface area contributed by atoms with E-state index in [9.17, 15) is 4.79 Å². The molecule has 4 aromatic rings. The van der Waals surface area contributed by atoms with Crippen LogP contribution in [0.25, 0.3) is 22.4 Å².